The second kappa shape index (κ2) is 5.02. The number of carbonyl (C=O) groups is 1. The number of ether oxygens (including phenoxy) is 2. The van der Waals surface area contributed by atoms with Gasteiger partial charge in [-0.05, 0) is 36.8 Å². The zero-order chi connectivity index (χ0) is 18.1. The lowest BCUT2D eigenvalue weighted by atomic mass is 9.76. The molecule has 0 saturated heterocycles. The number of anilines is 1. The molecule has 5 rings (SSSR count). The second-order valence-corrected chi connectivity index (χ2v) is 6.94. The molecule has 0 aromatic heterocycles. The van der Waals surface area contributed by atoms with Crippen LogP contribution in [-0.4, -0.2) is 5.97 Å². The lowest BCUT2D eigenvalue weighted by Crippen LogP contribution is -2.34. The van der Waals surface area contributed by atoms with Crippen LogP contribution in [0.1, 0.15) is 32.6 Å². The molecule has 4 nitrogen and oxygen atoms in total. The maximum absolute atomic E-state index is 12.7. The van der Waals surface area contributed by atoms with Crippen molar-refractivity contribution >= 4 is 23.3 Å². The Hall–Kier alpha value is -2.98. The highest BCUT2D eigenvalue weighted by atomic mass is 35.5. The van der Waals surface area contributed by atoms with Crippen molar-refractivity contribution in [3.63, 3.8) is 0 Å². The highest BCUT2D eigenvalue weighted by molar-refractivity contribution is 6.31. The Morgan fingerprint density at radius 3 is 2.65 bits per heavy atom. The summed E-state index contributed by atoms with van der Waals surface area (Å²) in [7, 11) is 0. The van der Waals surface area contributed by atoms with Gasteiger partial charge in [-0.25, -0.2) is 4.79 Å². The summed E-state index contributed by atoms with van der Waals surface area (Å²) >= 11 is 6.32. The fourth-order valence-corrected chi connectivity index (χ4v) is 4.04. The molecule has 3 aromatic carbocycles. The molecule has 1 atom stereocenters. The van der Waals surface area contributed by atoms with Crippen LogP contribution in [0.25, 0.3) is 0 Å². The van der Waals surface area contributed by atoms with Crippen molar-refractivity contribution in [2.24, 2.45) is 0 Å². The van der Waals surface area contributed by atoms with Gasteiger partial charge in [0.2, 0.25) is 0 Å². The average Bonchev–Trinajstić information content (AvgIpc) is 2.91. The number of nitrogens with two attached hydrogens (primary N) is 1. The zero-order valence-corrected chi connectivity index (χ0v) is 14.6. The normalized spacial score (nSPS) is 19.4. The number of esters is 1. The third-order valence-electron chi connectivity index (χ3n) is 5.04. The highest BCUT2D eigenvalue weighted by Gasteiger charge is 2.54. The number of halogens is 1. The molecule has 3 aromatic rings. The number of aryl methyl sites for hydroxylation is 1. The van der Waals surface area contributed by atoms with Gasteiger partial charge in [0.05, 0.1) is 11.1 Å². The van der Waals surface area contributed by atoms with Crippen LogP contribution in [0.15, 0.2) is 54.6 Å². The third-order valence-corrected chi connectivity index (χ3v) is 5.45. The summed E-state index contributed by atoms with van der Waals surface area (Å²) < 4.78 is 12.1. The van der Waals surface area contributed by atoms with Crippen LogP contribution >= 0.6 is 11.6 Å². The van der Waals surface area contributed by atoms with Crippen molar-refractivity contribution in [2.75, 3.05) is 5.73 Å². The lowest BCUT2D eigenvalue weighted by molar-refractivity contribution is 0.0227. The first-order chi connectivity index (χ1) is 12.5. The summed E-state index contributed by atoms with van der Waals surface area (Å²) in [6.45, 7) is 1.91. The summed E-state index contributed by atoms with van der Waals surface area (Å²) in [5.41, 5.74) is 9.22. The minimum atomic E-state index is -1.14. The summed E-state index contributed by atoms with van der Waals surface area (Å²) in [5, 5.41) is 0.587. The highest BCUT2D eigenvalue weighted by Crippen LogP contribution is 2.58. The molecule has 26 heavy (non-hydrogen) atoms. The minimum Gasteiger partial charge on any atom is -0.456 e. The monoisotopic (exact) mass is 363 g/mol. The molecule has 1 spiro atoms. The van der Waals surface area contributed by atoms with Crippen molar-refractivity contribution in [3.05, 3.63) is 87.4 Å². The Balaban J connectivity index is 1.96. The molecule has 2 aliphatic rings. The Morgan fingerprint density at radius 1 is 1.00 bits per heavy atom. The van der Waals surface area contributed by atoms with E-state index >= 15 is 0 Å². The predicted octanol–water partition coefficient (Wildman–Crippen LogP) is 4.80. The summed E-state index contributed by atoms with van der Waals surface area (Å²) in [6, 6.07) is 16.5. The molecule has 2 heterocycles. The van der Waals surface area contributed by atoms with Crippen LogP contribution in [0.3, 0.4) is 0 Å². The molecule has 0 saturated carbocycles. The molecule has 5 heteroatoms. The van der Waals surface area contributed by atoms with Crippen molar-refractivity contribution in [1.82, 2.24) is 0 Å². The van der Waals surface area contributed by atoms with Gasteiger partial charge in [-0.15, -0.1) is 0 Å². The lowest BCUT2D eigenvalue weighted by Gasteiger charge is -2.37. The van der Waals surface area contributed by atoms with E-state index in [0.29, 0.717) is 33.3 Å². The van der Waals surface area contributed by atoms with Crippen LogP contribution < -0.4 is 10.5 Å². The van der Waals surface area contributed by atoms with E-state index in [-0.39, 0.29) is 5.97 Å². The molecule has 2 N–H and O–H groups in total. The quantitative estimate of drug-likeness (QED) is 0.460. The first-order valence-electron chi connectivity index (χ1n) is 8.22. The smallest absolute Gasteiger partial charge is 0.340 e. The maximum atomic E-state index is 12.7. The summed E-state index contributed by atoms with van der Waals surface area (Å²) in [6.07, 6.45) is 0. The van der Waals surface area contributed by atoms with Crippen LogP contribution in [-0.2, 0) is 10.3 Å². The van der Waals surface area contributed by atoms with E-state index in [1.165, 1.54) is 0 Å². The van der Waals surface area contributed by atoms with Gasteiger partial charge in [-0.1, -0.05) is 35.9 Å². The van der Waals surface area contributed by atoms with Crippen molar-refractivity contribution in [3.8, 4) is 11.5 Å². The molecule has 0 bridgehead atoms. The topological polar surface area (TPSA) is 61.6 Å². The van der Waals surface area contributed by atoms with Gasteiger partial charge in [0.15, 0.2) is 5.60 Å². The summed E-state index contributed by atoms with van der Waals surface area (Å²) in [5.74, 6) is 0.736. The molecule has 2 aliphatic heterocycles. The number of hydrogen-bond acceptors (Lipinski definition) is 4. The van der Waals surface area contributed by atoms with Gasteiger partial charge in [0, 0.05) is 27.9 Å². The Kier molecular flexibility index (Phi) is 2.95. The molecule has 0 aliphatic carbocycles. The molecule has 0 amide bonds. The summed E-state index contributed by atoms with van der Waals surface area (Å²) in [4.78, 5) is 12.7. The number of carbonyl (C=O) groups excluding carboxylic acids is 1. The minimum absolute atomic E-state index is 0.379. The van der Waals surface area contributed by atoms with E-state index in [4.69, 9.17) is 26.8 Å². The van der Waals surface area contributed by atoms with Crippen LogP contribution in [0.5, 0.6) is 11.5 Å². The first-order valence-corrected chi connectivity index (χ1v) is 8.60. The zero-order valence-electron chi connectivity index (χ0n) is 13.9. The van der Waals surface area contributed by atoms with E-state index in [9.17, 15) is 4.79 Å². The van der Waals surface area contributed by atoms with Gasteiger partial charge in [-0.2, -0.15) is 0 Å². The van der Waals surface area contributed by atoms with Crippen molar-refractivity contribution in [2.45, 2.75) is 12.5 Å². The Labute approximate surface area is 155 Å². The van der Waals surface area contributed by atoms with E-state index < -0.39 is 5.60 Å². The van der Waals surface area contributed by atoms with E-state index in [2.05, 4.69) is 0 Å². The maximum Gasteiger partial charge on any atom is 0.340 e. The molecule has 128 valence electrons. The third kappa shape index (κ3) is 1.77. The van der Waals surface area contributed by atoms with Gasteiger partial charge in [0.1, 0.15) is 11.5 Å². The van der Waals surface area contributed by atoms with Crippen LogP contribution in [0.4, 0.5) is 5.69 Å². The SMILES string of the molecule is Cc1cc2c(cc1Cl)Oc1cccc(N)c1C21OC(=O)c2ccccc21. The van der Waals surface area contributed by atoms with Gasteiger partial charge >= 0.3 is 5.97 Å². The van der Waals surface area contributed by atoms with E-state index in [1.54, 1.807) is 18.2 Å². The Bertz CT molecular complexity index is 1110. The number of rotatable bonds is 0. The van der Waals surface area contributed by atoms with E-state index in [1.807, 2.05) is 43.3 Å². The fourth-order valence-electron chi connectivity index (χ4n) is 3.89. The van der Waals surface area contributed by atoms with Crippen LogP contribution in [0, 0.1) is 6.92 Å². The van der Waals surface area contributed by atoms with Crippen molar-refractivity contribution in [1.29, 1.82) is 0 Å². The first kappa shape index (κ1) is 15.3. The van der Waals surface area contributed by atoms with Gasteiger partial charge in [0.25, 0.3) is 0 Å². The van der Waals surface area contributed by atoms with E-state index in [0.717, 1.165) is 16.7 Å². The van der Waals surface area contributed by atoms with Gasteiger partial charge in [-0.3, -0.25) is 0 Å². The molecular formula is C21H14ClNO3. The average molecular weight is 364 g/mol. The number of benzene rings is 3. The van der Waals surface area contributed by atoms with Crippen LogP contribution in [0.2, 0.25) is 5.02 Å². The second-order valence-electron chi connectivity index (χ2n) is 6.54. The predicted molar refractivity (Wildman–Crippen MR) is 98.9 cm³/mol. The standard InChI is InChI=1S/C21H14ClNO3/c1-11-9-14-18(10-15(11)22)25-17-8-4-7-16(23)19(17)21(14)13-6-3-2-5-12(13)20(24)26-21/h2-10H,23H2,1H3. The Morgan fingerprint density at radius 2 is 1.81 bits per heavy atom. The molecular weight excluding hydrogens is 350 g/mol. The number of hydrogen-bond donors (Lipinski definition) is 1. The molecule has 0 radical (unpaired) electrons. The largest absolute Gasteiger partial charge is 0.456 e. The number of nitrogen functional groups attached to an aromatic ring is 1. The molecule has 1 unspecified atom stereocenters. The van der Waals surface area contributed by atoms with Gasteiger partial charge < -0.3 is 15.2 Å². The fraction of sp³-hybridized carbons (Fsp3) is 0.0952. The van der Waals surface area contributed by atoms with Crippen molar-refractivity contribution < 1.29 is 14.3 Å². The number of fused-ring (bicyclic) bond motifs is 6. The molecule has 0 fully saturated rings.